The zero-order chi connectivity index (χ0) is 11.8. The van der Waals surface area contributed by atoms with Crippen LogP contribution >= 0.6 is 11.3 Å². The molecule has 0 saturated carbocycles. The quantitative estimate of drug-likeness (QED) is 0.864. The Morgan fingerprint density at radius 3 is 2.94 bits per heavy atom. The standard InChI is InChI=1S/C9H11NO4S2/c11-9(12)3-8-10-7(4-15-8)6-1-2-16(13,14)5-6/h4,6H,1-3,5H2,(H,11,12). The number of carbonyl (C=O) groups is 1. The van der Waals surface area contributed by atoms with E-state index in [4.69, 9.17) is 5.11 Å². The lowest BCUT2D eigenvalue weighted by atomic mass is 10.1. The van der Waals surface area contributed by atoms with Crippen LogP contribution in [-0.2, 0) is 21.1 Å². The Morgan fingerprint density at radius 1 is 1.62 bits per heavy atom. The van der Waals surface area contributed by atoms with Gasteiger partial charge in [-0.1, -0.05) is 0 Å². The molecular formula is C9H11NO4S2. The molecule has 0 aromatic carbocycles. The van der Waals surface area contributed by atoms with Gasteiger partial charge >= 0.3 is 5.97 Å². The molecule has 1 N–H and O–H groups in total. The van der Waals surface area contributed by atoms with Crippen LogP contribution in [0.2, 0.25) is 0 Å². The molecule has 0 amide bonds. The van der Waals surface area contributed by atoms with E-state index in [0.29, 0.717) is 11.4 Å². The first-order valence-corrected chi connectivity index (χ1v) is 7.53. The minimum atomic E-state index is -2.91. The van der Waals surface area contributed by atoms with E-state index in [1.807, 2.05) is 0 Å². The Balaban J connectivity index is 2.11. The topological polar surface area (TPSA) is 84.3 Å². The minimum absolute atomic E-state index is 0.0520. The number of sulfone groups is 1. The number of rotatable bonds is 3. The molecule has 7 heteroatoms. The van der Waals surface area contributed by atoms with Gasteiger partial charge in [-0.15, -0.1) is 11.3 Å². The van der Waals surface area contributed by atoms with Crippen LogP contribution in [0.3, 0.4) is 0 Å². The summed E-state index contributed by atoms with van der Waals surface area (Å²) in [5.74, 6) is -0.615. The third kappa shape index (κ3) is 2.59. The molecule has 0 radical (unpaired) electrons. The van der Waals surface area contributed by atoms with E-state index in [1.54, 1.807) is 5.38 Å². The summed E-state index contributed by atoms with van der Waals surface area (Å²) in [4.78, 5) is 14.6. The number of aromatic nitrogens is 1. The predicted molar refractivity (Wildman–Crippen MR) is 59.5 cm³/mol. The summed E-state index contributed by atoms with van der Waals surface area (Å²) in [5, 5.41) is 10.9. The number of nitrogens with zero attached hydrogens (tertiary/aromatic N) is 1. The van der Waals surface area contributed by atoms with Crippen LogP contribution in [0, 0.1) is 0 Å². The largest absolute Gasteiger partial charge is 0.481 e. The highest BCUT2D eigenvalue weighted by Gasteiger charge is 2.30. The van der Waals surface area contributed by atoms with E-state index in [0.717, 1.165) is 5.69 Å². The van der Waals surface area contributed by atoms with Crippen LogP contribution in [0.15, 0.2) is 5.38 Å². The van der Waals surface area contributed by atoms with Gasteiger partial charge in [0.15, 0.2) is 9.84 Å². The third-order valence-electron chi connectivity index (χ3n) is 2.52. The second-order valence-corrected chi connectivity index (χ2v) is 7.01. The Hall–Kier alpha value is -0.950. The van der Waals surface area contributed by atoms with E-state index in [2.05, 4.69) is 4.98 Å². The first-order chi connectivity index (χ1) is 7.46. The van der Waals surface area contributed by atoms with E-state index in [9.17, 15) is 13.2 Å². The Bertz CT molecular complexity index is 505. The molecule has 16 heavy (non-hydrogen) atoms. The monoisotopic (exact) mass is 261 g/mol. The van der Waals surface area contributed by atoms with Crippen molar-refractivity contribution in [2.45, 2.75) is 18.8 Å². The summed E-state index contributed by atoms with van der Waals surface area (Å²) < 4.78 is 22.6. The van der Waals surface area contributed by atoms with Gasteiger partial charge in [0.1, 0.15) is 5.01 Å². The molecule has 1 fully saturated rings. The Morgan fingerprint density at radius 2 is 2.38 bits per heavy atom. The maximum absolute atomic E-state index is 11.3. The highest BCUT2D eigenvalue weighted by molar-refractivity contribution is 7.91. The average molecular weight is 261 g/mol. The number of hydrogen-bond acceptors (Lipinski definition) is 5. The second-order valence-electron chi connectivity index (χ2n) is 3.84. The molecule has 0 aliphatic carbocycles. The molecule has 1 atom stereocenters. The average Bonchev–Trinajstić information content (AvgIpc) is 2.71. The molecule has 1 aliphatic rings. The normalized spacial score (nSPS) is 23.4. The Kier molecular flexibility index (Phi) is 2.98. The van der Waals surface area contributed by atoms with Gasteiger partial charge in [0.25, 0.3) is 0 Å². The van der Waals surface area contributed by atoms with Crippen molar-refractivity contribution >= 4 is 27.1 Å². The first-order valence-electron chi connectivity index (χ1n) is 4.83. The van der Waals surface area contributed by atoms with Crippen molar-refractivity contribution in [1.82, 2.24) is 4.98 Å². The van der Waals surface area contributed by atoms with Gasteiger partial charge in [0.05, 0.1) is 23.6 Å². The SMILES string of the molecule is O=C(O)Cc1nc(C2CCS(=O)(=O)C2)cs1. The van der Waals surface area contributed by atoms with Crippen molar-refractivity contribution in [3.05, 3.63) is 16.1 Å². The maximum Gasteiger partial charge on any atom is 0.310 e. The van der Waals surface area contributed by atoms with E-state index in [-0.39, 0.29) is 23.8 Å². The van der Waals surface area contributed by atoms with E-state index >= 15 is 0 Å². The first kappa shape index (κ1) is 11.5. The summed E-state index contributed by atoms with van der Waals surface area (Å²) in [6, 6.07) is 0. The van der Waals surface area contributed by atoms with Gasteiger partial charge < -0.3 is 5.11 Å². The van der Waals surface area contributed by atoms with Crippen molar-refractivity contribution in [2.24, 2.45) is 0 Å². The molecule has 0 spiro atoms. The van der Waals surface area contributed by atoms with Crippen molar-refractivity contribution in [3.8, 4) is 0 Å². The van der Waals surface area contributed by atoms with Gasteiger partial charge in [0, 0.05) is 11.3 Å². The van der Waals surface area contributed by atoms with Gasteiger partial charge in [0.2, 0.25) is 0 Å². The van der Waals surface area contributed by atoms with Crippen molar-refractivity contribution in [2.75, 3.05) is 11.5 Å². The summed E-state index contributed by atoms with van der Waals surface area (Å²) >= 11 is 1.28. The zero-order valence-electron chi connectivity index (χ0n) is 8.42. The molecule has 2 rings (SSSR count). The molecular weight excluding hydrogens is 250 g/mol. The number of hydrogen-bond donors (Lipinski definition) is 1. The van der Waals surface area contributed by atoms with Crippen LogP contribution in [0.1, 0.15) is 23.0 Å². The fraction of sp³-hybridized carbons (Fsp3) is 0.556. The minimum Gasteiger partial charge on any atom is -0.481 e. The highest BCUT2D eigenvalue weighted by Crippen LogP contribution is 2.29. The van der Waals surface area contributed by atoms with Crippen molar-refractivity contribution in [3.63, 3.8) is 0 Å². The highest BCUT2D eigenvalue weighted by atomic mass is 32.2. The summed E-state index contributed by atoms with van der Waals surface area (Å²) in [5.41, 5.74) is 0.724. The second kappa shape index (κ2) is 4.14. The summed E-state index contributed by atoms with van der Waals surface area (Å²) in [6.07, 6.45) is 0.503. The maximum atomic E-state index is 11.3. The molecule has 88 valence electrons. The third-order valence-corrected chi connectivity index (χ3v) is 5.16. The van der Waals surface area contributed by atoms with E-state index < -0.39 is 15.8 Å². The van der Waals surface area contributed by atoms with Gasteiger partial charge in [-0.3, -0.25) is 4.79 Å². The van der Waals surface area contributed by atoms with Crippen LogP contribution in [-0.4, -0.2) is 36.0 Å². The lowest BCUT2D eigenvalue weighted by molar-refractivity contribution is -0.136. The number of aliphatic carboxylic acids is 1. The summed E-state index contributed by atoms with van der Waals surface area (Å²) in [7, 11) is -2.91. The molecule has 0 bridgehead atoms. The smallest absolute Gasteiger partial charge is 0.310 e. The molecule has 1 aromatic rings. The molecule has 1 aromatic heterocycles. The van der Waals surface area contributed by atoms with Gasteiger partial charge in [-0.25, -0.2) is 13.4 Å². The van der Waals surface area contributed by atoms with Crippen LogP contribution < -0.4 is 0 Å². The lowest BCUT2D eigenvalue weighted by Crippen LogP contribution is -2.05. The predicted octanol–water partition coefficient (Wildman–Crippen LogP) is 0.672. The van der Waals surface area contributed by atoms with Gasteiger partial charge in [-0.2, -0.15) is 0 Å². The molecule has 2 heterocycles. The molecule has 5 nitrogen and oxygen atoms in total. The van der Waals surface area contributed by atoms with Crippen molar-refractivity contribution in [1.29, 1.82) is 0 Å². The molecule has 1 unspecified atom stereocenters. The molecule has 1 saturated heterocycles. The Labute approximate surface area is 97.1 Å². The van der Waals surface area contributed by atoms with Crippen LogP contribution in [0.4, 0.5) is 0 Å². The fourth-order valence-electron chi connectivity index (χ4n) is 1.75. The van der Waals surface area contributed by atoms with Crippen LogP contribution in [0.25, 0.3) is 0 Å². The van der Waals surface area contributed by atoms with E-state index in [1.165, 1.54) is 11.3 Å². The molecule has 1 aliphatic heterocycles. The summed E-state index contributed by atoms with van der Waals surface area (Å²) in [6.45, 7) is 0. The van der Waals surface area contributed by atoms with Crippen LogP contribution in [0.5, 0.6) is 0 Å². The van der Waals surface area contributed by atoms with Gasteiger partial charge in [-0.05, 0) is 6.42 Å². The van der Waals surface area contributed by atoms with Crippen molar-refractivity contribution < 1.29 is 18.3 Å². The number of thiazole rings is 1. The zero-order valence-corrected chi connectivity index (χ0v) is 10.1. The lowest BCUT2D eigenvalue weighted by Gasteiger charge is -2.01. The number of carboxylic acid groups (broad SMARTS) is 1. The fourth-order valence-corrected chi connectivity index (χ4v) is 4.38. The number of carboxylic acids is 1.